The molecule has 0 aliphatic heterocycles. The summed E-state index contributed by atoms with van der Waals surface area (Å²) < 4.78 is 39.6. The Bertz CT molecular complexity index is 871. The van der Waals surface area contributed by atoms with Crippen LogP contribution in [-0.2, 0) is 16.4 Å². The minimum absolute atomic E-state index is 0.0132. The highest BCUT2D eigenvalue weighted by atomic mass is 32.2. The van der Waals surface area contributed by atoms with E-state index in [1.807, 2.05) is 38.1 Å². The molecule has 0 unspecified atom stereocenters. The first-order valence-corrected chi connectivity index (χ1v) is 10.7. The van der Waals surface area contributed by atoms with Crippen molar-refractivity contribution in [1.29, 1.82) is 0 Å². The van der Waals surface area contributed by atoms with Gasteiger partial charge in [-0.2, -0.15) is 0 Å². The number of nitrogens with two attached hydrogens (primary N) is 1. The van der Waals surface area contributed by atoms with Crippen molar-refractivity contribution in [3.8, 4) is 17.2 Å². The minimum atomic E-state index is -3.81. The first-order valence-electron chi connectivity index (χ1n) is 9.13. The second-order valence-electron chi connectivity index (χ2n) is 6.32. The van der Waals surface area contributed by atoms with Crippen molar-refractivity contribution in [2.45, 2.75) is 31.2 Å². The predicted molar refractivity (Wildman–Crippen MR) is 109 cm³/mol. The third kappa shape index (κ3) is 6.40. The Kier molecular flexibility index (Phi) is 8.10. The third-order valence-electron chi connectivity index (χ3n) is 4.08. The highest BCUT2D eigenvalue weighted by Crippen LogP contribution is 2.26. The van der Waals surface area contributed by atoms with Gasteiger partial charge in [0.2, 0.25) is 10.0 Å². The van der Waals surface area contributed by atoms with E-state index in [1.54, 1.807) is 12.1 Å². The zero-order chi connectivity index (χ0) is 20.6. The van der Waals surface area contributed by atoms with Crippen LogP contribution in [0.1, 0.15) is 19.4 Å². The molecule has 0 bridgehead atoms. The number of nitrogens with one attached hydrogen (secondary N) is 1. The van der Waals surface area contributed by atoms with Gasteiger partial charge in [-0.3, -0.25) is 0 Å². The first kappa shape index (κ1) is 22.0. The van der Waals surface area contributed by atoms with Crippen LogP contribution in [0.4, 0.5) is 0 Å². The molecule has 0 aliphatic rings. The summed E-state index contributed by atoms with van der Waals surface area (Å²) in [6.45, 7) is 5.73. The predicted octanol–water partition coefficient (Wildman–Crippen LogP) is 2.34. The second kappa shape index (κ2) is 10.3. The molecule has 3 N–H and O–H groups in total. The van der Waals surface area contributed by atoms with Crippen molar-refractivity contribution in [1.82, 2.24) is 5.32 Å². The summed E-state index contributed by atoms with van der Waals surface area (Å²) in [6, 6.07) is 12.7. The molecule has 28 heavy (non-hydrogen) atoms. The maximum Gasteiger partial charge on any atom is 0.241 e. The van der Waals surface area contributed by atoms with Gasteiger partial charge in [0.25, 0.3) is 0 Å². The molecule has 0 fully saturated rings. The van der Waals surface area contributed by atoms with Gasteiger partial charge in [-0.25, -0.2) is 13.6 Å². The van der Waals surface area contributed by atoms with Crippen LogP contribution >= 0.6 is 0 Å². The summed E-state index contributed by atoms with van der Waals surface area (Å²) in [6.07, 6.45) is 0.705. The van der Waals surface area contributed by atoms with E-state index >= 15 is 0 Å². The molecule has 2 aromatic carbocycles. The monoisotopic (exact) mass is 408 g/mol. The molecule has 2 rings (SSSR count). The Morgan fingerprint density at radius 3 is 2.36 bits per heavy atom. The number of ether oxygens (including phenoxy) is 3. The third-order valence-corrected chi connectivity index (χ3v) is 5.03. The fraction of sp³-hybridized carbons (Fsp3) is 0.400. The lowest BCUT2D eigenvalue weighted by atomic mass is 10.1. The van der Waals surface area contributed by atoms with Gasteiger partial charge < -0.3 is 19.5 Å². The van der Waals surface area contributed by atoms with E-state index in [4.69, 9.17) is 19.3 Å². The molecule has 0 spiro atoms. The van der Waals surface area contributed by atoms with Crippen LogP contribution in [0.25, 0.3) is 0 Å². The molecule has 2 aromatic rings. The molecule has 0 amide bonds. The number of methoxy groups -OCH3 is 1. The average Bonchev–Trinajstić information content (AvgIpc) is 2.65. The number of primary sulfonamides is 1. The lowest BCUT2D eigenvalue weighted by Crippen LogP contribution is -2.31. The highest BCUT2D eigenvalue weighted by Gasteiger charge is 2.16. The Hall–Kier alpha value is -2.29. The molecule has 7 nitrogen and oxygen atoms in total. The SMILES string of the molecule is CCOc1ccccc1OCCN[C@H](C)Cc1ccc(S(N)(=O)=O)c(OC)c1. The topological polar surface area (TPSA) is 99.9 Å². The molecular formula is C20H28N2O5S. The average molecular weight is 409 g/mol. The standard InChI is InChI=1S/C20H28N2O5S/c1-4-26-17-7-5-6-8-18(17)27-12-11-22-15(2)13-16-9-10-20(28(21,23)24)19(14-16)25-3/h5-10,14-15,22H,4,11-13H2,1-3H3,(H2,21,23,24)/t15-/m1/s1. The number of hydrogen-bond donors (Lipinski definition) is 2. The largest absolute Gasteiger partial charge is 0.495 e. The number of rotatable bonds is 11. The Balaban J connectivity index is 1.85. The van der Waals surface area contributed by atoms with E-state index in [0.717, 1.165) is 17.1 Å². The van der Waals surface area contributed by atoms with E-state index in [2.05, 4.69) is 5.32 Å². The summed E-state index contributed by atoms with van der Waals surface area (Å²) in [5.41, 5.74) is 0.951. The van der Waals surface area contributed by atoms with Crippen molar-refractivity contribution in [3.05, 3.63) is 48.0 Å². The van der Waals surface area contributed by atoms with Crippen molar-refractivity contribution in [3.63, 3.8) is 0 Å². The summed E-state index contributed by atoms with van der Waals surface area (Å²) in [5.74, 6) is 1.71. The molecule has 8 heteroatoms. The quantitative estimate of drug-likeness (QED) is 0.554. The van der Waals surface area contributed by atoms with Crippen molar-refractivity contribution in [2.24, 2.45) is 5.14 Å². The van der Waals surface area contributed by atoms with Crippen LogP contribution in [-0.4, -0.2) is 41.3 Å². The van der Waals surface area contributed by atoms with Crippen LogP contribution in [0.2, 0.25) is 0 Å². The highest BCUT2D eigenvalue weighted by molar-refractivity contribution is 7.89. The molecule has 0 heterocycles. The van der Waals surface area contributed by atoms with Crippen LogP contribution < -0.4 is 24.7 Å². The first-order chi connectivity index (χ1) is 13.3. The fourth-order valence-electron chi connectivity index (χ4n) is 2.81. The number of hydrogen-bond acceptors (Lipinski definition) is 6. The van der Waals surface area contributed by atoms with Gasteiger partial charge >= 0.3 is 0 Å². The molecule has 0 aromatic heterocycles. The maximum absolute atomic E-state index is 11.6. The lowest BCUT2D eigenvalue weighted by Gasteiger charge is -2.16. The van der Waals surface area contributed by atoms with E-state index in [9.17, 15) is 8.42 Å². The normalized spacial score (nSPS) is 12.4. The number of para-hydroxylation sites is 2. The summed E-state index contributed by atoms with van der Waals surface area (Å²) in [7, 11) is -2.39. The minimum Gasteiger partial charge on any atom is -0.495 e. The molecular weight excluding hydrogens is 380 g/mol. The van der Waals surface area contributed by atoms with E-state index in [1.165, 1.54) is 13.2 Å². The van der Waals surface area contributed by atoms with E-state index in [-0.39, 0.29) is 16.7 Å². The van der Waals surface area contributed by atoms with Crippen LogP contribution in [0.5, 0.6) is 17.2 Å². The zero-order valence-electron chi connectivity index (χ0n) is 16.5. The van der Waals surface area contributed by atoms with Crippen molar-refractivity contribution < 1.29 is 22.6 Å². The molecule has 0 radical (unpaired) electrons. The number of benzene rings is 2. The zero-order valence-corrected chi connectivity index (χ0v) is 17.3. The van der Waals surface area contributed by atoms with Crippen molar-refractivity contribution >= 4 is 10.0 Å². The molecule has 154 valence electrons. The van der Waals surface area contributed by atoms with Gasteiger partial charge in [0.05, 0.1) is 13.7 Å². The molecule has 1 atom stereocenters. The second-order valence-corrected chi connectivity index (χ2v) is 7.85. The smallest absolute Gasteiger partial charge is 0.241 e. The van der Waals surface area contributed by atoms with Crippen LogP contribution in [0, 0.1) is 0 Å². The molecule has 0 aliphatic carbocycles. The van der Waals surface area contributed by atoms with Gasteiger partial charge in [0, 0.05) is 12.6 Å². The summed E-state index contributed by atoms with van der Waals surface area (Å²) >= 11 is 0. The fourth-order valence-corrected chi connectivity index (χ4v) is 3.49. The Morgan fingerprint density at radius 2 is 1.75 bits per heavy atom. The van der Waals surface area contributed by atoms with Gasteiger partial charge in [-0.15, -0.1) is 0 Å². The lowest BCUT2D eigenvalue weighted by molar-refractivity contribution is 0.272. The van der Waals surface area contributed by atoms with E-state index in [0.29, 0.717) is 26.2 Å². The van der Waals surface area contributed by atoms with Crippen LogP contribution in [0.15, 0.2) is 47.4 Å². The van der Waals surface area contributed by atoms with Gasteiger partial charge in [-0.05, 0) is 50.1 Å². The number of sulfonamides is 1. The maximum atomic E-state index is 11.6. The summed E-state index contributed by atoms with van der Waals surface area (Å²) in [4.78, 5) is -0.0132. The summed E-state index contributed by atoms with van der Waals surface area (Å²) in [5, 5.41) is 8.59. The van der Waals surface area contributed by atoms with Crippen LogP contribution in [0.3, 0.4) is 0 Å². The Labute approximate surface area is 166 Å². The van der Waals surface area contributed by atoms with Gasteiger partial charge in [0.1, 0.15) is 17.3 Å². The van der Waals surface area contributed by atoms with Gasteiger partial charge in [0.15, 0.2) is 11.5 Å². The van der Waals surface area contributed by atoms with E-state index < -0.39 is 10.0 Å². The van der Waals surface area contributed by atoms with Crippen molar-refractivity contribution in [2.75, 3.05) is 26.9 Å². The molecule has 0 saturated carbocycles. The van der Waals surface area contributed by atoms with Gasteiger partial charge in [-0.1, -0.05) is 18.2 Å². The Morgan fingerprint density at radius 1 is 1.07 bits per heavy atom. The molecule has 0 saturated heterocycles.